The van der Waals surface area contributed by atoms with E-state index in [0.717, 1.165) is 15.9 Å². The van der Waals surface area contributed by atoms with Crippen molar-refractivity contribution in [1.29, 1.82) is 0 Å². The lowest BCUT2D eigenvalue weighted by atomic mass is 9.94. The van der Waals surface area contributed by atoms with E-state index in [1.54, 1.807) is 12.1 Å². The third kappa shape index (κ3) is 4.84. The third-order valence-corrected chi connectivity index (χ3v) is 8.17. The van der Waals surface area contributed by atoms with Crippen LogP contribution in [0, 0.1) is 0 Å². The number of rotatable bonds is 6. The molecule has 1 heterocycles. The average Bonchev–Trinajstić information content (AvgIpc) is 3.05. The van der Waals surface area contributed by atoms with E-state index in [1.807, 2.05) is 24.3 Å². The number of para-hydroxylation sites is 1. The van der Waals surface area contributed by atoms with Gasteiger partial charge in [-0.1, -0.05) is 37.5 Å². The summed E-state index contributed by atoms with van der Waals surface area (Å²) in [5.41, 5.74) is 1.67. The molecule has 7 heteroatoms. The molecule has 1 aliphatic rings. The molecule has 3 rings (SSSR count). The molecule has 1 aromatic carbocycles. The van der Waals surface area contributed by atoms with Gasteiger partial charge in [-0.15, -0.1) is 11.3 Å². The first-order valence-electron chi connectivity index (χ1n) is 8.52. The molecule has 136 valence electrons. The van der Waals surface area contributed by atoms with Gasteiger partial charge in [0.2, 0.25) is 0 Å². The van der Waals surface area contributed by atoms with Crippen LogP contribution in [0.1, 0.15) is 37.7 Å². The highest BCUT2D eigenvalue weighted by atomic mass is 79.9. The van der Waals surface area contributed by atoms with Crippen LogP contribution in [-0.4, -0.2) is 26.4 Å². The molecular formula is C18H23BrN2O2S2. The molecule has 0 spiro atoms. The summed E-state index contributed by atoms with van der Waals surface area (Å²) in [5.74, 6) is 0. The van der Waals surface area contributed by atoms with Crippen molar-refractivity contribution < 1.29 is 8.42 Å². The van der Waals surface area contributed by atoms with Crippen molar-refractivity contribution in [2.75, 3.05) is 11.8 Å². The van der Waals surface area contributed by atoms with Crippen LogP contribution in [-0.2, 0) is 16.6 Å². The van der Waals surface area contributed by atoms with Crippen LogP contribution >= 0.6 is 27.3 Å². The first kappa shape index (κ1) is 18.9. The van der Waals surface area contributed by atoms with Crippen LogP contribution in [0.25, 0.3) is 0 Å². The van der Waals surface area contributed by atoms with Gasteiger partial charge in [0.25, 0.3) is 10.0 Å². The first-order valence-corrected chi connectivity index (χ1v) is 11.6. The van der Waals surface area contributed by atoms with E-state index < -0.39 is 10.0 Å². The molecule has 0 radical (unpaired) electrons. The Balaban J connectivity index is 1.76. The molecule has 4 nitrogen and oxygen atoms in total. The van der Waals surface area contributed by atoms with E-state index in [4.69, 9.17) is 0 Å². The second kappa shape index (κ2) is 8.20. The highest BCUT2D eigenvalue weighted by Crippen LogP contribution is 2.29. The van der Waals surface area contributed by atoms with Crippen molar-refractivity contribution in [1.82, 2.24) is 4.90 Å². The van der Waals surface area contributed by atoms with Crippen molar-refractivity contribution in [2.24, 2.45) is 0 Å². The van der Waals surface area contributed by atoms with Gasteiger partial charge in [-0.2, -0.15) is 0 Å². The maximum absolute atomic E-state index is 12.6. The van der Waals surface area contributed by atoms with E-state index in [-0.39, 0.29) is 0 Å². The van der Waals surface area contributed by atoms with Gasteiger partial charge in [0.1, 0.15) is 4.21 Å². The fourth-order valence-corrected chi connectivity index (χ4v) is 6.43. The lowest BCUT2D eigenvalue weighted by molar-refractivity contribution is 0.185. The highest BCUT2D eigenvalue weighted by Gasteiger charge is 2.21. The Morgan fingerprint density at radius 3 is 2.56 bits per heavy atom. The van der Waals surface area contributed by atoms with Crippen LogP contribution in [0.4, 0.5) is 5.69 Å². The van der Waals surface area contributed by atoms with Gasteiger partial charge in [0.05, 0.1) is 9.47 Å². The van der Waals surface area contributed by atoms with Gasteiger partial charge in [0, 0.05) is 12.6 Å². The second-order valence-corrected chi connectivity index (χ2v) is 10.9. The van der Waals surface area contributed by atoms with Gasteiger partial charge < -0.3 is 0 Å². The van der Waals surface area contributed by atoms with Crippen LogP contribution in [0.5, 0.6) is 0 Å². The Hall–Kier alpha value is -0.890. The molecule has 25 heavy (non-hydrogen) atoms. The summed E-state index contributed by atoms with van der Waals surface area (Å²) in [6, 6.07) is 11.6. The second-order valence-electron chi connectivity index (χ2n) is 6.53. The van der Waals surface area contributed by atoms with Crippen LogP contribution in [0.2, 0.25) is 0 Å². The molecule has 0 aliphatic heterocycles. The summed E-state index contributed by atoms with van der Waals surface area (Å²) in [5, 5.41) is 0. The maximum Gasteiger partial charge on any atom is 0.271 e. The Kier molecular flexibility index (Phi) is 6.20. The predicted octanol–water partition coefficient (Wildman–Crippen LogP) is 5.08. The van der Waals surface area contributed by atoms with Gasteiger partial charge >= 0.3 is 0 Å². The van der Waals surface area contributed by atoms with Gasteiger partial charge in [0.15, 0.2) is 0 Å². The first-order chi connectivity index (χ1) is 12.0. The van der Waals surface area contributed by atoms with Crippen molar-refractivity contribution in [2.45, 2.75) is 48.9 Å². The minimum absolute atomic E-state index is 0.315. The molecule has 0 atom stereocenters. The topological polar surface area (TPSA) is 49.4 Å². The Labute approximate surface area is 162 Å². The van der Waals surface area contributed by atoms with Crippen LogP contribution in [0.15, 0.2) is 44.4 Å². The summed E-state index contributed by atoms with van der Waals surface area (Å²) in [6.07, 6.45) is 6.37. The van der Waals surface area contributed by atoms with Crippen LogP contribution < -0.4 is 4.72 Å². The zero-order valence-corrected chi connectivity index (χ0v) is 17.5. The highest BCUT2D eigenvalue weighted by molar-refractivity contribution is 9.11. The Morgan fingerprint density at radius 2 is 1.88 bits per heavy atom. The number of benzene rings is 1. The largest absolute Gasteiger partial charge is 0.299 e. The quantitative estimate of drug-likeness (QED) is 0.678. The molecule has 1 aromatic heterocycles. The standard InChI is InChI=1S/C18H23BrN2O2S2/c1-21(15-8-3-2-4-9-15)13-14-7-5-6-10-16(14)20-25(22,23)18-12-11-17(19)24-18/h5-7,10-12,15,20H,2-4,8-9,13H2,1H3. The fraction of sp³-hybridized carbons (Fsp3) is 0.444. The molecule has 2 aromatic rings. The summed E-state index contributed by atoms with van der Waals surface area (Å²) in [4.78, 5) is 2.36. The number of nitrogens with one attached hydrogen (secondary N) is 1. The SMILES string of the molecule is CN(Cc1ccccc1NS(=O)(=O)c1ccc(Br)s1)C1CCCCC1. The average molecular weight is 443 g/mol. The predicted molar refractivity (Wildman–Crippen MR) is 108 cm³/mol. The summed E-state index contributed by atoms with van der Waals surface area (Å²) in [6.45, 7) is 0.748. The number of thiophene rings is 1. The minimum Gasteiger partial charge on any atom is -0.299 e. The molecule has 1 saturated carbocycles. The lowest BCUT2D eigenvalue weighted by Crippen LogP contribution is -2.33. The molecular weight excluding hydrogens is 420 g/mol. The smallest absolute Gasteiger partial charge is 0.271 e. The van der Waals surface area contributed by atoms with Crippen molar-refractivity contribution in [3.05, 3.63) is 45.7 Å². The van der Waals surface area contributed by atoms with Gasteiger partial charge in [-0.25, -0.2) is 8.42 Å². The minimum atomic E-state index is -3.56. The van der Waals surface area contributed by atoms with E-state index in [1.165, 1.54) is 43.4 Å². The monoisotopic (exact) mass is 442 g/mol. The zero-order valence-electron chi connectivity index (χ0n) is 14.2. The van der Waals surface area contributed by atoms with E-state index >= 15 is 0 Å². The van der Waals surface area contributed by atoms with Crippen molar-refractivity contribution >= 4 is 43.0 Å². The van der Waals surface area contributed by atoms with Gasteiger partial charge in [-0.3, -0.25) is 9.62 Å². The molecule has 0 saturated heterocycles. The summed E-state index contributed by atoms with van der Waals surface area (Å²) >= 11 is 4.53. The maximum atomic E-state index is 12.6. The Bertz CT molecular complexity index is 814. The van der Waals surface area contributed by atoms with E-state index in [0.29, 0.717) is 15.9 Å². The summed E-state index contributed by atoms with van der Waals surface area (Å²) < 4.78 is 29.1. The van der Waals surface area contributed by atoms with Gasteiger partial charge in [-0.05, 0) is 59.6 Å². The van der Waals surface area contributed by atoms with Crippen molar-refractivity contribution in [3.63, 3.8) is 0 Å². The van der Waals surface area contributed by atoms with E-state index in [9.17, 15) is 8.42 Å². The molecule has 1 fully saturated rings. The number of sulfonamides is 1. The lowest BCUT2D eigenvalue weighted by Gasteiger charge is -2.31. The molecule has 1 aliphatic carbocycles. The molecule has 1 N–H and O–H groups in total. The zero-order chi connectivity index (χ0) is 17.9. The summed E-state index contributed by atoms with van der Waals surface area (Å²) in [7, 11) is -1.42. The Morgan fingerprint density at radius 1 is 1.16 bits per heavy atom. The van der Waals surface area contributed by atoms with Crippen molar-refractivity contribution in [3.8, 4) is 0 Å². The number of hydrogen-bond acceptors (Lipinski definition) is 4. The molecule has 0 amide bonds. The molecule has 0 unspecified atom stereocenters. The van der Waals surface area contributed by atoms with E-state index in [2.05, 4.69) is 32.6 Å². The third-order valence-electron chi connectivity index (χ3n) is 4.69. The number of halogens is 1. The molecule has 0 bridgehead atoms. The fourth-order valence-electron chi connectivity index (χ4n) is 3.31. The number of anilines is 1. The van der Waals surface area contributed by atoms with Crippen LogP contribution in [0.3, 0.4) is 0 Å². The number of nitrogens with zero attached hydrogens (tertiary/aromatic N) is 1. The normalized spacial score (nSPS) is 16.3. The number of hydrogen-bond donors (Lipinski definition) is 1.